The van der Waals surface area contributed by atoms with E-state index < -0.39 is 0 Å². The van der Waals surface area contributed by atoms with Gasteiger partial charge in [0.2, 0.25) is 5.88 Å². The van der Waals surface area contributed by atoms with Crippen LogP contribution >= 0.6 is 15.9 Å². The maximum Gasteiger partial charge on any atom is 0.217 e. The van der Waals surface area contributed by atoms with Crippen LogP contribution in [-0.2, 0) is 0 Å². The molecule has 0 saturated heterocycles. The number of benzene rings is 1. The monoisotopic (exact) mass is 238 g/mol. The molecule has 0 aliphatic heterocycles. The van der Waals surface area contributed by atoms with Gasteiger partial charge in [-0.15, -0.1) is 0 Å². The number of hydrogen-bond donors (Lipinski definition) is 1. The number of hydrogen-bond acceptors (Lipinski definition) is 2. The summed E-state index contributed by atoms with van der Waals surface area (Å²) in [6.07, 6.45) is 3.20. The highest BCUT2D eigenvalue weighted by Crippen LogP contribution is 2.20. The van der Waals surface area contributed by atoms with Gasteiger partial charge in [-0.3, -0.25) is 0 Å². The summed E-state index contributed by atoms with van der Waals surface area (Å²) in [5.74, 6) is 1.43. The molecule has 1 aromatic heterocycles. The Morgan fingerprint density at radius 2 is 2.00 bits per heavy atom. The third kappa shape index (κ3) is 2.09. The van der Waals surface area contributed by atoms with Gasteiger partial charge in [0.15, 0.2) is 0 Å². The van der Waals surface area contributed by atoms with E-state index in [2.05, 4.69) is 25.9 Å². The minimum absolute atomic E-state index is 0.641. The second-order valence-electron chi connectivity index (χ2n) is 2.47. The van der Waals surface area contributed by atoms with Crippen molar-refractivity contribution in [3.8, 4) is 11.6 Å². The highest BCUT2D eigenvalue weighted by Gasteiger charge is 1.96. The maximum atomic E-state index is 5.43. The Balaban J connectivity index is 2.15. The molecule has 0 aliphatic rings. The number of aromatic nitrogens is 2. The highest BCUT2D eigenvalue weighted by atomic mass is 79.9. The molecule has 2 rings (SSSR count). The predicted molar refractivity (Wildman–Crippen MR) is 52.8 cm³/mol. The van der Waals surface area contributed by atoms with Gasteiger partial charge in [-0.25, -0.2) is 4.98 Å². The number of aromatic amines is 1. The van der Waals surface area contributed by atoms with E-state index in [1.54, 1.807) is 12.5 Å². The molecule has 1 aromatic carbocycles. The normalized spacial score (nSPS) is 9.92. The summed E-state index contributed by atoms with van der Waals surface area (Å²) in [5.41, 5.74) is 0. The lowest BCUT2D eigenvalue weighted by molar-refractivity contribution is 0.465. The minimum Gasteiger partial charge on any atom is -0.439 e. The fraction of sp³-hybridized carbons (Fsp3) is 0. The molecule has 2 aromatic rings. The van der Waals surface area contributed by atoms with Crippen LogP contribution in [0.1, 0.15) is 0 Å². The molecule has 4 heteroatoms. The van der Waals surface area contributed by atoms with Crippen LogP contribution in [0.4, 0.5) is 0 Å². The smallest absolute Gasteiger partial charge is 0.217 e. The molecule has 0 spiro atoms. The molecule has 0 amide bonds. The topological polar surface area (TPSA) is 37.9 Å². The van der Waals surface area contributed by atoms with E-state index in [-0.39, 0.29) is 0 Å². The van der Waals surface area contributed by atoms with Gasteiger partial charge in [-0.1, -0.05) is 15.9 Å². The lowest BCUT2D eigenvalue weighted by Crippen LogP contribution is -1.82. The molecule has 0 saturated carbocycles. The second-order valence-corrected chi connectivity index (χ2v) is 3.39. The van der Waals surface area contributed by atoms with Crippen molar-refractivity contribution in [2.75, 3.05) is 0 Å². The lowest BCUT2D eigenvalue weighted by Gasteiger charge is -2.01. The van der Waals surface area contributed by atoms with Crippen molar-refractivity contribution in [2.45, 2.75) is 0 Å². The Hall–Kier alpha value is -1.29. The molecular formula is C9H7BrN2O. The summed E-state index contributed by atoms with van der Waals surface area (Å²) in [4.78, 5) is 6.70. The number of ether oxygens (including phenoxy) is 1. The molecule has 1 N–H and O–H groups in total. The van der Waals surface area contributed by atoms with Crippen molar-refractivity contribution in [1.29, 1.82) is 0 Å². The molecule has 3 nitrogen and oxygen atoms in total. The van der Waals surface area contributed by atoms with E-state index in [0.717, 1.165) is 10.2 Å². The van der Waals surface area contributed by atoms with E-state index >= 15 is 0 Å². The van der Waals surface area contributed by atoms with E-state index in [1.807, 2.05) is 24.3 Å². The Morgan fingerprint density at radius 1 is 1.23 bits per heavy atom. The Kier molecular flexibility index (Phi) is 2.31. The number of H-pyrrole nitrogens is 1. The van der Waals surface area contributed by atoms with E-state index in [0.29, 0.717) is 5.88 Å². The molecular weight excluding hydrogens is 232 g/mol. The van der Waals surface area contributed by atoms with Gasteiger partial charge in [0.05, 0.1) is 12.5 Å². The van der Waals surface area contributed by atoms with Crippen molar-refractivity contribution in [3.05, 3.63) is 41.3 Å². The quantitative estimate of drug-likeness (QED) is 0.874. The van der Waals surface area contributed by atoms with E-state index in [9.17, 15) is 0 Å². The molecule has 0 fully saturated rings. The second kappa shape index (κ2) is 3.62. The average molecular weight is 239 g/mol. The molecule has 0 unspecified atom stereocenters. The van der Waals surface area contributed by atoms with Crippen molar-refractivity contribution in [1.82, 2.24) is 9.97 Å². The largest absolute Gasteiger partial charge is 0.439 e. The average Bonchev–Trinajstić information content (AvgIpc) is 2.62. The Morgan fingerprint density at radius 3 is 2.62 bits per heavy atom. The first-order valence-corrected chi connectivity index (χ1v) is 4.56. The fourth-order valence-electron chi connectivity index (χ4n) is 0.929. The van der Waals surface area contributed by atoms with Gasteiger partial charge < -0.3 is 9.72 Å². The third-order valence-corrected chi connectivity index (χ3v) is 2.04. The predicted octanol–water partition coefficient (Wildman–Crippen LogP) is 2.96. The molecule has 0 bridgehead atoms. The van der Waals surface area contributed by atoms with Crippen LogP contribution in [-0.4, -0.2) is 9.97 Å². The number of nitrogens with one attached hydrogen (secondary N) is 1. The van der Waals surface area contributed by atoms with E-state index in [4.69, 9.17) is 4.74 Å². The van der Waals surface area contributed by atoms with Gasteiger partial charge in [-0.05, 0) is 24.3 Å². The summed E-state index contributed by atoms with van der Waals surface area (Å²) < 4.78 is 6.47. The summed E-state index contributed by atoms with van der Waals surface area (Å²) in [6.45, 7) is 0. The first-order valence-electron chi connectivity index (χ1n) is 3.76. The zero-order chi connectivity index (χ0) is 9.10. The zero-order valence-electron chi connectivity index (χ0n) is 6.70. The van der Waals surface area contributed by atoms with Crippen LogP contribution in [0.25, 0.3) is 0 Å². The van der Waals surface area contributed by atoms with Crippen LogP contribution < -0.4 is 4.74 Å². The standard InChI is InChI=1S/C9H7BrN2O/c10-7-1-3-8(4-2-7)13-9-5-11-6-12-9/h1-6H,(H,11,12). The van der Waals surface area contributed by atoms with Crippen molar-refractivity contribution >= 4 is 15.9 Å². The first kappa shape index (κ1) is 8.31. The van der Waals surface area contributed by atoms with Gasteiger partial charge in [0.1, 0.15) is 5.75 Å². The number of imidazole rings is 1. The molecule has 13 heavy (non-hydrogen) atoms. The number of rotatable bonds is 2. The van der Waals surface area contributed by atoms with Gasteiger partial charge >= 0.3 is 0 Å². The van der Waals surface area contributed by atoms with Gasteiger partial charge in [-0.2, -0.15) is 0 Å². The third-order valence-electron chi connectivity index (χ3n) is 1.51. The molecule has 1 heterocycles. The van der Waals surface area contributed by atoms with Crippen molar-refractivity contribution < 1.29 is 4.74 Å². The molecule has 0 aliphatic carbocycles. The van der Waals surface area contributed by atoms with Crippen molar-refractivity contribution in [2.24, 2.45) is 0 Å². The van der Waals surface area contributed by atoms with Crippen LogP contribution in [0.2, 0.25) is 0 Å². The van der Waals surface area contributed by atoms with Crippen LogP contribution in [0.3, 0.4) is 0 Å². The lowest BCUT2D eigenvalue weighted by atomic mass is 10.3. The fourth-order valence-corrected chi connectivity index (χ4v) is 1.19. The molecule has 0 radical (unpaired) electrons. The maximum absolute atomic E-state index is 5.43. The van der Waals surface area contributed by atoms with Crippen molar-refractivity contribution in [3.63, 3.8) is 0 Å². The molecule has 66 valence electrons. The Bertz CT molecular complexity index is 369. The number of halogens is 1. The minimum atomic E-state index is 0.641. The van der Waals surface area contributed by atoms with Gasteiger partial charge in [0, 0.05) is 4.47 Å². The SMILES string of the molecule is Brc1ccc(Oc2cnc[nH]2)cc1. The number of nitrogens with zero attached hydrogens (tertiary/aromatic N) is 1. The van der Waals surface area contributed by atoms with Crippen LogP contribution in [0.15, 0.2) is 41.3 Å². The summed E-state index contributed by atoms with van der Waals surface area (Å²) >= 11 is 3.35. The Labute approximate surface area is 83.9 Å². The van der Waals surface area contributed by atoms with Crippen LogP contribution in [0, 0.1) is 0 Å². The van der Waals surface area contributed by atoms with E-state index in [1.165, 1.54) is 0 Å². The van der Waals surface area contributed by atoms with Gasteiger partial charge in [0.25, 0.3) is 0 Å². The highest BCUT2D eigenvalue weighted by molar-refractivity contribution is 9.10. The summed E-state index contributed by atoms with van der Waals surface area (Å²) in [6, 6.07) is 7.60. The zero-order valence-corrected chi connectivity index (χ0v) is 8.28. The van der Waals surface area contributed by atoms with Crippen LogP contribution in [0.5, 0.6) is 11.6 Å². The first-order chi connectivity index (χ1) is 6.34. The molecule has 0 atom stereocenters. The summed E-state index contributed by atoms with van der Waals surface area (Å²) in [7, 11) is 0. The summed E-state index contributed by atoms with van der Waals surface area (Å²) in [5, 5.41) is 0.